The lowest BCUT2D eigenvalue weighted by Gasteiger charge is -2.13. The highest BCUT2D eigenvalue weighted by Gasteiger charge is 2.19. The molecule has 0 atom stereocenters. The van der Waals surface area contributed by atoms with Crippen molar-refractivity contribution in [2.24, 2.45) is 0 Å². The molecule has 27 heavy (non-hydrogen) atoms. The summed E-state index contributed by atoms with van der Waals surface area (Å²) in [6.45, 7) is 1.83. The summed E-state index contributed by atoms with van der Waals surface area (Å²) in [5, 5.41) is 9.38. The summed E-state index contributed by atoms with van der Waals surface area (Å²) in [7, 11) is -3.97. The molecule has 0 saturated carbocycles. The molecule has 0 unspecified atom stereocenters. The zero-order valence-corrected chi connectivity index (χ0v) is 15.1. The number of anilines is 1. The molecule has 2 N–H and O–H groups in total. The summed E-state index contributed by atoms with van der Waals surface area (Å²) >= 11 is 0. The Morgan fingerprint density at radius 1 is 0.926 bits per heavy atom. The van der Waals surface area contributed by atoms with Gasteiger partial charge in [0, 0.05) is 0 Å². The van der Waals surface area contributed by atoms with Gasteiger partial charge in [-0.1, -0.05) is 35.9 Å². The van der Waals surface area contributed by atoms with Crippen molar-refractivity contribution in [3.63, 3.8) is 0 Å². The lowest BCUT2D eigenvalue weighted by Crippen LogP contribution is -2.15. The number of hydrogen-bond donors (Lipinski definition) is 2. The topological polar surface area (TPSA) is 83.5 Å². The van der Waals surface area contributed by atoms with Crippen LogP contribution in [0.2, 0.25) is 0 Å². The number of carboxylic acid groups (broad SMARTS) is 1. The van der Waals surface area contributed by atoms with Crippen molar-refractivity contribution in [1.29, 1.82) is 0 Å². The highest BCUT2D eigenvalue weighted by molar-refractivity contribution is 7.92. The van der Waals surface area contributed by atoms with E-state index >= 15 is 0 Å². The van der Waals surface area contributed by atoms with E-state index in [-0.39, 0.29) is 16.1 Å². The number of nitrogens with one attached hydrogen (secondary N) is 1. The summed E-state index contributed by atoms with van der Waals surface area (Å²) in [5.41, 5.74) is 1.84. The fourth-order valence-corrected chi connectivity index (χ4v) is 3.63. The maximum absolute atomic E-state index is 13.1. The number of carboxylic acids is 1. The Bertz CT molecular complexity index is 1090. The monoisotopic (exact) mass is 385 g/mol. The van der Waals surface area contributed by atoms with Crippen LogP contribution < -0.4 is 4.72 Å². The molecular formula is C20H16FNO4S. The molecule has 0 spiro atoms. The fraction of sp³-hybridized carbons (Fsp3) is 0.0500. The van der Waals surface area contributed by atoms with Crippen LogP contribution in [0.4, 0.5) is 10.1 Å². The van der Waals surface area contributed by atoms with Gasteiger partial charge >= 0.3 is 5.97 Å². The number of sulfonamides is 1. The van der Waals surface area contributed by atoms with Crippen LogP contribution >= 0.6 is 0 Å². The molecule has 3 aromatic rings. The van der Waals surface area contributed by atoms with Crippen molar-refractivity contribution in [3.8, 4) is 11.1 Å². The molecular weight excluding hydrogens is 369 g/mol. The second kappa shape index (κ2) is 7.20. The van der Waals surface area contributed by atoms with Gasteiger partial charge in [-0.3, -0.25) is 4.72 Å². The highest BCUT2D eigenvalue weighted by atomic mass is 32.2. The number of aromatic carboxylic acids is 1. The molecule has 0 aliphatic heterocycles. The minimum atomic E-state index is -3.97. The molecule has 7 heteroatoms. The predicted octanol–water partition coefficient (Wildman–Crippen LogP) is 4.30. The van der Waals surface area contributed by atoms with E-state index in [4.69, 9.17) is 0 Å². The minimum Gasteiger partial charge on any atom is -0.478 e. The summed E-state index contributed by atoms with van der Waals surface area (Å²) in [6, 6.07) is 16.1. The molecule has 3 rings (SSSR count). The Morgan fingerprint density at radius 2 is 1.52 bits per heavy atom. The van der Waals surface area contributed by atoms with Gasteiger partial charge in [-0.2, -0.15) is 0 Å². The largest absolute Gasteiger partial charge is 0.478 e. The highest BCUT2D eigenvalue weighted by Crippen LogP contribution is 2.28. The van der Waals surface area contributed by atoms with Crippen LogP contribution in [0.5, 0.6) is 0 Å². The zero-order chi connectivity index (χ0) is 19.6. The van der Waals surface area contributed by atoms with Crippen LogP contribution in [0.25, 0.3) is 11.1 Å². The van der Waals surface area contributed by atoms with E-state index in [0.29, 0.717) is 11.1 Å². The minimum absolute atomic E-state index is 0.0247. The van der Waals surface area contributed by atoms with E-state index in [2.05, 4.69) is 4.72 Å². The first-order chi connectivity index (χ1) is 12.8. The van der Waals surface area contributed by atoms with E-state index in [1.165, 1.54) is 48.5 Å². The van der Waals surface area contributed by atoms with Crippen LogP contribution in [0.1, 0.15) is 15.9 Å². The van der Waals surface area contributed by atoms with E-state index in [0.717, 1.165) is 5.56 Å². The van der Waals surface area contributed by atoms with Gasteiger partial charge in [0.2, 0.25) is 0 Å². The van der Waals surface area contributed by atoms with Gasteiger partial charge in [-0.05, 0) is 54.4 Å². The van der Waals surface area contributed by atoms with E-state index < -0.39 is 21.8 Å². The normalized spacial score (nSPS) is 11.2. The Hall–Kier alpha value is -3.19. The number of carbonyl (C=O) groups is 1. The smallest absolute Gasteiger partial charge is 0.337 e. The third kappa shape index (κ3) is 4.15. The average Bonchev–Trinajstić information content (AvgIpc) is 2.62. The molecule has 5 nitrogen and oxygen atoms in total. The van der Waals surface area contributed by atoms with Crippen molar-refractivity contribution >= 4 is 21.7 Å². The Balaban J connectivity index is 2.04. The van der Waals surface area contributed by atoms with Gasteiger partial charge in [-0.15, -0.1) is 0 Å². The molecule has 0 radical (unpaired) electrons. The van der Waals surface area contributed by atoms with Gasteiger partial charge in [0.05, 0.1) is 16.1 Å². The first kappa shape index (κ1) is 18.6. The van der Waals surface area contributed by atoms with Crippen LogP contribution in [0.3, 0.4) is 0 Å². The maximum atomic E-state index is 13.1. The zero-order valence-electron chi connectivity index (χ0n) is 14.3. The standard InChI is InChI=1S/C20H16FNO4S/c1-13-2-9-17(10-3-13)27(25,26)22-19-12-15(6-11-18(19)20(23)24)14-4-7-16(21)8-5-14/h2-12,22H,1H3,(H,23,24). The van der Waals surface area contributed by atoms with Crippen molar-refractivity contribution in [2.45, 2.75) is 11.8 Å². The molecule has 0 saturated heterocycles. The van der Waals surface area contributed by atoms with E-state index in [1.807, 2.05) is 6.92 Å². The first-order valence-corrected chi connectivity index (χ1v) is 9.47. The number of rotatable bonds is 5. The Kier molecular flexibility index (Phi) is 4.96. The van der Waals surface area contributed by atoms with Gasteiger partial charge in [-0.25, -0.2) is 17.6 Å². The average molecular weight is 385 g/mol. The molecule has 0 aliphatic carbocycles. The summed E-state index contributed by atoms with van der Waals surface area (Å²) in [6.07, 6.45) is 0. The molecule has 138 valence electrons. The van der Waals surface area contributed by atoms with Crippen molar-refractivity contribution < 1.29 is 22.7 Å². The third-order valence-corrected chi connectivity index (χ3v) is 5.38. The second-order valence-electron chi connectivity index (χ2n) is 5.99. The van der Waals surface area contributed by atoms with Gasteiger partial charge in [0.25, 0.3) is 10.0 Å². The van der Waals surface area contributed by atoms with E-state index in [1.54, 1.807) is 18.2 Å². The molecule has 0 aliphatic rings. The molecule has 0 fully saturated rings. The van der Waals surface area contributed by atoms with E-state index in [9.17, 15) is 22.7 Å². The van der Waals surface area contributed by atoms with Gasteiger partial charge in [0.1, 0.15) is 5.82 Å². The first-order valence-electron chi connectivity index (χ1n) is 7.99. The Morgan fingerprint density at radius 3 is 2.11 bits per heavy atom. The van der Waals surface area contributed by atoms with Crippen LogP contribution in [0, 0.1) is 12.7 Å². The lowest BCUT2D eigenvalue weighted by atomic mass is 10.0. The number of halogens is 1. The fourth-order valence-electron chi connectivity index (χ4n) is 2.56. The summed E-state index contributed by atoms with van der Waals surface area (Å²) < 4.78 is 40.7. The SMILES string of the molecule is Cc1ccc(S(=O)(=O)Nc2cc(-c3ccc(F)cc3)ccc2C(=O)O)cc1. The van der Waals surface area contributed by atoms with Gasteiger partial charge in [0.15, 0.2) is 0 Å². The number of hydrogen-bond acceptors (Lipinski definition) is 3. The third-order valence-electron chi connectivity index (χ3n) is 4.00. The molecule has 0 amide bonds. The summed E-state index contributed by atoms with van der Waals surface area (Å²) in [4.78, 5) is 11.5. The number of benzene rings is 3. The molecule has 0 aromatic heterocycles. The molecule has 3 aromatic carbocycles. The second-order valence-corrected chi connectivity index (χ2v) is 7.67. The predicted molar refractivity (Wildman–Crippen MR) is 101 cm³/mol. The quantitative estimate of drug-likeness (QED) is 0.686. The Labute approximate surface area is 156 Å². The maximum Gasteiger partial charge on any atom is 0.337 e. The van der Waals surface area contributed by atoms with Gasteiger partial charge < -0.3 is 5.11 Å². The van der Waals surface area contributed by atoms with Crippen LogP contribution in [0.15, 0.2) is 71.6 Å². The number of aryl methyl sites for hydroxylation is 1. The van der Waals surface area contributed by atoms with Crippen LogP contribution in [-0.4, -0.2) is 19.5 Å². The summed E-state index contributed by atoms with van der Waals surface area (Å²) in [5.74, 6) is -1.66. The van der Waals surface area contributed by atoms with Crippen LogP contribution in [-0.2, 0) is 10.0 Å². The molecule has 0 heterocycles. The van der Waals surface area contributed by atoms with Crippen molar-refractivity contribution in [3.05, 3.63) is 83.7 Å². The molecule has 0 bridgehead atoms. The van der Waals surface area contributed by atoms with Crippen molar-refractivity contribution in [2.75, 3.05) is 4.72 Å². The van der Waals surface area contributed by atoms with Crippen molar-refractivity contribution in [1.82, 2.24) is 0 Å². The lowest BCUT2D eigenvalue weighted by molar-refractivity contribution is 0.0698.